The largest absolute Gasteiger partial charge is 0.489 e. The number of fused-ring (bicyclic) bond motifs is 1. The maximum Gasteiger partial charge on any atom is 0.278 e. The Morgan fingerprint density at radius 1 is 1.00 bits per heavy atom. The van der Waals surface area contributed by atoms with Gasteiger partial charge in [-0.05, 0) is 48.9 Å². The molecule has 1 unspecified atom stereocenters. The Labute approximate surface area is 172 Å². The molecule has 4 rings (SSSR count). The second-order valence-corrected chi connectivity index (χ2v) is 6.82. The lowest BCUT2D eigenvalue weighted by Crippen LogP contribution is -2.34. The number of rotatable bonds is 6. The molecule has 7 heteroatoms. The van der Waals surface area contributed by atoms with Crippen molar-refractivity contribution in [2.75, 3.05) is 5.32 Å². The SMILES string of the molecule is CC(C(=O)Nc1ccc(OCc2ccccc2)cc1)n1nnc2ccccc2c1=O. The van der Waals surface area contributed by atoms with E-state index in [9.17, 15) is 9.59 Å². The minimum atomic E-state index is -0.816. The van der Waals surface area contributed by atoms with Crippen molar-refractivity contribution in [2.24, 2.45) is 0 Å². The number of anilines is 1. The molecular formula is C23H20N4O3. The van der Waals surface area contributed by atoms with E-state index < -0.39 is 6.04 Å². The minimum absolute atomic E-state index is 0.354. The lowest BCUT2D eigenvalue weighted by atomic mass is 10.2. The lowest BCUT2D eigenvalue weighted by molar-refractivity contribution is -0.119. The zero-order valence-electron chi connectivity index (χ0n) is 16.4. The van der Waals surface area contributed by atoms with Crippen molar-refractivity contribution in [3.05, 3.63) is 94.8 Å². The Morgan fingerprint density at radius 3 is 2.47 bits per heavy atom. The van der Waals surface area contributed by atoms with Crippen LogP contribution < -0.4 is 15.6 Å². The first-order valence-electron chi connectivity index (χ1n) is 9.54. The zero-order chi connectivity index (χ0) is 20.9. The third kappa shape index (κ3) is 4.20. The molecule has 0 aliphatic heterocycles. The van der Waals surface area contributed by atoms with Gasteiger partial charge >= 0.3 is 0 Å². The van der Waals surface area contributed by atoms with Crippen molar-refractivity contribution in [3.8, 4) is 5.75 Å². The summed E-state index contributed by atoms with van der Waals surface area (Å²) in [6.45, 7) is 2.07. The third-order valence-corrected chi connectivity index (χ3v) is 4.71. The monoisotopic (exact) mass is 400 g/mol. The third-order valence-electron chi connectivity index (χ3n) is 4.71. The van der Waals surface area contributed by atoms with Crippen molar-refractivity contribution in [3.63, 3.8) is 0 Å². The van der Waals surface area contributed by atoms with E-state index in [0.717, 1.165) is 10.2 Å². The van der Waals surface area contributed by atoms with E-state index in [4.69, 9.17) is 4.74 Å². The van der Waals surface area contributed by atoms with E-state index >= 15 is 0 Å². The number of hydrogen-bond acceptors (Lipinski definition) is 5. The number of nitrogens with one attached hydrogen (secondary N) is 1. The molecule has 1 amide bonds. The van der Waals surface area contributed by atoms with Gasteiger partial charge in [-0.25, -0.2) is 0 Å². The van der Waals surface area contributed by atoms with Crippen molar-refractivity contribution >= 4 is 22.5 Å². The van der Waals surface area contributed by atoms with Gasteiger partial charge in [0.05, 0.1) is 5.39 Å². The highest BCUT2D eigenvalue weighted by atomic mass is 16.5. The van der Waals surface area contributed by atoms with Gasteiger partial charge in [-0.15, -0.1) is 5.10 Å². The van der Waals surface area contributed by atoms with E-state index in [0.29, 0.717) is 28.9 Å². The van der Waals surface area contributed by atoms with Crippen molar-refractivity contribution in [2.45, 2.75) is 19.6 Å². The first-order valence-corrected chi connectivity index (χ1v) is 9.54. The van der Waals surface area contributed by atoms with Crippen LogP contribution in [0.1, 0.15) is 18.5 Å². The lowest BCUT2D eigenvalue weighted by Gasteiger charge is -2.14. The van der Waals surface area contributed by atoms with Gasteiger partial charge in [-0.2, -0.15) is 4.68 Å². The van der Waals surface area contributed by atoms with Crippen LogP contribution in [0.25, 0.3) is 10.9 Å². The number of aromatic nitrogens is 3. The summed E-state index contributed by atoms with van der Waals surface area (Å²) >= 11 is 0. The molecule has 0 radical (unpaired) electrons. The number of carbonyl (C=O) groups is 1. The molecule has 0 spiro atoms. The van der Waals surface area contributed by atoms with Crippen LogP contribution in [0.5, 0.6) is 5.75 Å². The van der Waals surface area contributed by atoms with Crippen molar-refractivity contribution < 1.29 is 9.53 Å². The maximum absolute atomic E-state index is 12.6. The fourth-order valence-electron chi connectivity index (χ4n) is 2.99. The van der Waals surface area contributed by atoms with Gasteiger partial charge in [0.1, 0.15) is 23.9 Å². The molecule has 4 aromatic rings. The number of amides is 1. The van der Waals surface area contributed by atoms with E-state index in [-0.39, 0.29) is 11.5 Å². The smallest absolute Gasteiger partial charge is 0.278 e. The van der Waals surface area contributed by atoms with Gasteiger partial charge in [-0.1, -0.05) is 47.7 Å². The van der Waals surface area contributed by atoms with Crippen LogP contribution in [0.2, 0.25) is 0 Å². The summed E-state index contributed by atoms with van der Waals surface area (Å²) in [5, 5.41) is 11.2. The van der Waals surface area contributed by atoms with E-state index in [1.807, 2.05) is 30.3 Å². The quantitative estimate of drug-likeness (QED) is 0.535. The zero-order valence-corrected chi connectivity index (χ0v) is 16.4. The number of hydrogen-bond donors (Lipinski definition) is 1. The number of nitrogens with zero attached hydrogens (tertiary/aromatic N) is 3. The van der Waals surface area contributed by atoms with Gasteiger partial charge < -0.3 is 10.1 Å². The van der Waals surface area contributed by atoms with Crippen LogP contribution >= 0.6 is 0 Å². The van der Waals surface area contributed by atoms with Crippen LogP contribution in [-0.2, 0) is 11.4 Å². The summed E-state index contributed by atoms with van der Waals surface area (Å²) in [6.07, 6.45) is 0. The Kier molecular flexibility index (Phi) is 5.52. The molecule has 1 atom stereocenters. The van der Waals surface area contributed by atoms with Crippen LogP contribution in [0, 0.1) is 0 Å². The molecule has 150 valence electrons. The first-order chi connectivity index (χ1) is 14.6. The summed E-state index contributed by atoms with van der Waals surface area (Å²) in [6, 6.07) is 23.0. The highest BCUT2D eigenvalue weighted by Gasteiger charge is 2.19. The summed E-state index contributed by atoms with van der Waals surface area (Å²) in [4.78, 5) is 25.3. The Morgan fingerprint density at radius 2 is 1.70 bits per heavy atom. The molecule has 1 heterocycles. The highest BCUT2D eigenvalue weighted by Crippen LogP contribution is 2.18. The van der Waals surface area contributed by atoms with Crippen LogP contribution in [-0.4, -0.2) is 20.9 Å². The molecular weight excluding hydrogens is 380 g/mol. The van der Waals surface area contributed by atoms with Gasteiger partial charge in [0.25, 0.3) is 5.56 Å². The molecule has 3 aromatic carbocycles. The topological polar surface area (TPSA) is 86.1 Å². The molecule has 7 nitrogen and oxygen atoms in total. The standard InChI is InChI=1S/C23H20N4O3/c1-16(27-23(29)20-9-5-6-10-21(20)25-26-27)22(28)24-18-11-13-19(14-12-18)30-15-17-7-3-2-4-8-17/h2-14,16H,15H2,1H3,(H,24,28). The normalized spacial score (nSPS) is 11.8. The average Bonchev–Trinajstić information content (AvgIpc) is 2.79. The second-order valence-electron chi connectivity index (χ2n) is 6.82. The predicted molar refractivity (Wildman–Crippen MR) is 114 cm³/mol. The van der Waals surface area contributed by atoms with Gasteiger partial charge in [0, 0.05) is 5.69 Å². The molecule has 0 bridgehead atoms. The first kappa shape index (κ1) is 19.3. The summed E-state index contributed by atoms with van der Waals surface area (Å²) < 4.78 is 6.84. The van der Waals surface area contributed by atoms with Crippen molar-refractivity contribution in [1.29, 1.82) is 0 Å². The number of ether oxygens (including phenoxy) is 1. The molecule has 0 fully saturated rings. The van der Waals surface area contributed by atoms with Crippen molar-refractivity contribution in [1.82, 2.24) is 15.0 Å². The van der Waals surface area contributed by atoms with Gasteiger partial charge in [0.2, 0.25) is 5.91 Å². The Bertz CT molecular complexity index is 1220. The molecule has 0 aliphatic carbocycles. The predicted octanol–water partition coefficient (Wildman–Crippen LogP) is 3.57. The summed E-state index contributed by atoms with van der Waals surface area (Å²) in [7, 11) is 0. The molecule has 0 saturated heterocycles. The fourth-order valence-corrected chi connectivity index (χ4v) is 2.99. The molecule has 30 heavy (non-hydrogen) atoms. The Hall–Kier alpha value is -4.00. The number of carbonyl (C=O) groups excluding carboxylic acids is 1. The average molecular weight is 400 g/mol. The molecule has 0 saturated carbocycles. The van der Waals surface area contributed by atoms with E-state index in [2.05, 4.69) is 15.6 Å². The minimum Gasteiger partial charge on any atom is -0.489 e. The Balaban J connectivity index is 1.42. The second kappa shape index (κ2) is 8.57. The van der Waals surface area contributed by atoms with Crippen LogP contribution in [0.4, 0.5) is 5.69 Å². The van der Waals surface area contributed by atoms with Crippen LogP contribution in [0.15, 0.2) is 83.7 Å². The fraction of sp³-hybridized carbons (Fsp3) is 0.130. The number of benzene rings is 3. The van der Waals surface area contributed by atoms with Gasteiger partial charge in [0.15, 0.2) is 0 Å². The molecule has 0 aliphatic rings. The summed E-state index contributed by atoms with van der Waals surface area (Å²) in [5.41, 5.74) is 1.82. The maximum atomic E-state index is 12.6. The highest BCUT2D eigenvalue weighted by molar-refractivity contribution is 5.93. The van der Waals surface area contributed by atoms with E-state index in [1.54, 1.807) is 55.5 Å². The molecule has 1 N–H and O–H groups in total. The van der Waals surface area contributed by atoms with E-state index in [1.165, 1.54) is 0 Å². The molecule has 1 aromatic heterocycles. The summed E-state index contributed by atoms with van der Waals surface area (Å²) in [5.74, 6) is 0.334. The van der Waals surface area contributed by atoms with Crippen LogP contribution in [0.3, 0.4) is 0 Å². The van der Waals surface area contributed by atoms with Gasteiger partial charge in [-0.3, -0.25) is 9.59 Å².